The second kappa shape index (κ2) is 7.36. The van der Waals surface area contributed by atoms with Crippen LogP contribution in [-0.2, 0) is 0 Å². The van der Waals surface area contributed by atoms with Gasteiger partial charge in [-0.3, -0.25) is 0 Å². The molecule has 1 aliphatic heterocycles. The van der Waals surface area contributed by atoms with E-state index in [0.717, 1.165) is 24.2 Å². The molecule has 1 fully saturated rings. The van der Waals surface area contributed by atoms with Gasteiger partial charge in [0.1, 0.15) is 0 Å². The highest BCUT2D eigenvalue weighted by Crippen LogP contribution is 2.37. The molecule has 1 aliphatic carbocycles. The Morgan fingerprint density at radius 3 is 2.90 bits per heavy atom. The molecule has 1 atom stereocenters. The Kier molecular flexibility index (Phi) is 5.49. The number of thioether (sulfide) groups is 1. The number of hydrogen-bond acceptors (Lipinski definition) is 3. The summed E-state index contributed by atoms with van der Waals surface area (Å²) in [5.74, 6) is 1.20. The molecule has 0 spiro atoms. The van der Waals surface area contributed by atoms with Crippen molar-refractivity contribution in [3.05, 3.63) is 28.8 Å². The molecule has 0 radical (unpaired) electrons. The lowest BCUT2D eigenvalue weighted by molar-refractivity contribution is 0.241. The van der Waals surface area contributed by atoms with Crippen LogP contribution in [0.4, 0.5) is 0 Å². The topological polar surface area (TPSA) is 15.3 Å². The molecule has 2 nitrogen and oxygen atoms in total. The van der Waals surface area contributed by atoms with E-state index in [-0.39, 0.29) is 0 Å². The Labute approximate surface area is 137 Å². The largest absolute Gasteiger partial charge is 0.309 e. The zero-order valence-corrected chi connectivity index (χ0v) is 14.3. The summed E-state index contributed by atoms with van der Waals surface area (Å²) >= 11 is 8.12. The van der Waals surface area contributed by atoms with Gasteiger partial charge in [-0.25, -0.2) is 0 Å². The predicted molar refractivity (Wildman–Crippen MR) is 92.4 cm³/mol. The van der Waals surface area contributed by atoms with Crippen LogP contribution in [0.2, 0.25) is 5.02 Å². The number of rotatable bonds is 5. The maximum absolute atomic E-state index is 6.17. The van der Waals surface area contributed by atoms with E-state index in [4.69, 9.17) is 11.6 Å². The van der Waals surface area contributed by atoms with Gasteiger partial charge in [0, 0.05) is 35.1 Å². The molecule has 0 amide bonds. The quantitative estimate of drug-likeness (QED) is 0.867. The number of halogens is 1. The molecular weight excluding hydrogens is 300 g/mol. The normalized spacial score (nSPS) is 22.7. The van der Waals surface area contributed by atoms with E-state index in [1.54, 1.807) is 0 Å². The Morgan fingerprint density at radius 1 is 1.29 bits per heavy atom. The number of benzene rings is 1. The Morgan fingerprint density at radius 2 is 2.10 bits per heavy atom. The second-order valence-corrected chi connectivity index (χ2v) is 7.82. The van der Waals surface area contributed by atoms with E-state index < -0.39 is 0 Å². The maximum atomic E-state index is 6.17. The van der Waals surface area contributed by atoms with E-state index in [2.05, 4.69) is 29.4 Å². The molecule has 0 bridgehead atoms. The van der Waals surface area contributed by atoms with E-state index >= 15 is 0 Å². The molecule has 1 unspecified atom stereocenters. The Bertz CT molecular complexity index is 474. The smallest absolute Gasteiger partial charge is 0.0410 e. The van der Waals surface area contributed by atoms with Gasteiger partial charge in [0.05, 0.1) is 0 Å². The van der Waals surface area contributed by atoms with Gasteiger partial charge in [0.25, 0.3) is 0 Å². The second-order valence-electron chi connectivity index (χ2n) is 6.24. The molecule has 1 saturated carbocycles. The van der Waals surface area contributed by atoms with Gasteiger partial charge < -0.3 is 10.2 Å². The molecule has 21 heavy (non-hydrogen) atoms. The highest BCUT2D eigenvalue weighted by atomic mass is 35.5. The SMILES string of the molecule is CN(CCNC1CCSc2ccc(Cl)cc21)C1CCCC1. The van der Waals surface area contributed by atoms with Crippen LogP contribution >= 0.6 is 23.4 Å². The summed E-state index contributed by atoms with van der Waals surface area (Å²) in [5, 5.41) is 4.60. The van der Waals surface area contributed by atoms with Crippen molar-refractivity contribution in [2.24, 2.45) is 0 Å². The monoisotopic (exact) mass is 324 g/mol. The number of nitrogens with one attached hydrogen (secondary N) is 1. The molecule has 1 N–H and O–H groups in total. The van der Waals surface area contributed by atoms with E-state index in [0.29, 0.717) is 6.04 Å². The maximum Gasteiger partial charge on any atom is 0.0410 e. The third-order valence-electron chi connectivity index (χ3n) is 4.81. The highest BCUT2D eigenvalue weighted by Gasteiger charge is 2.22. The predicted octanol–water partition coefficient (Wildman–Crippen LogP) is 4.34. The third-order valence-corrected chi connectivity index (χ3v) is 6.17. The summed E-state index contributed by atoms with van der Waals surface area (Å²) < 4.78 is 0. The first-order valence-corrected chi connectivity index (χ1v) is 9.46. The van der Waals surface area contributed by atoms with Crippen molar-refractivity contribution in [2.45, 2.75) is 49.1 Å². The molecular formula is C17H25ClN2S. The zero-order valence-electron chi connectivity index (χ0n) is 12.8. The van der Waals surface area contributed by atoms with Crippen LogP contribution in [0.15, 0.2) is 23.1 Å². The minimum atomic E-state index is 0.469. The average molecular weight is 325 g/mol. The molecule has 2 aliphatic rings. The van der Waals surface area contributed by atoms with Crippen LogP contribution in [0.1, 0.15) is 43.7 Å². The van der Waals surface area contributed by atoms with Crippen molar-refractivity contribution in [3.8, 4) is 0 Å². The fraction of sp³-hybridized carbons (Fsp3) is 0.647. The van der Waals surface area contributed by atoms with Crippen LogP contribution in [0.25, 0.3) is 0 Å². The van der Waals surface area contributed by atoms with Crippen molar-refractivity contribution in [3.63, 3.8) is 0 Å². The first-order chi connectivity index (χ1) is 10.2. The van der Waals surface area contributed by atoms with Crippen LogP contribution in [0.5, 0.6) is 0 Å². The van der Waals surface area contributed by atoms with Crippen molar-refractivity contribution < 1.29 is 0 Å². The molecule has 1 heterocycles. The lowest BCUT2D eigenvalue weighted by Gasteiger charge is -2.29. The van der Waals surface area contributed by atoms with Gasteiger partial charge in [0.2, 0.25) is 0 Å². The van der Waals surface area contributed by atoms with Gasteiger partial charge in [-0.05, 0) is 55.8 Å². The molecule has 0 aromatic heterocycles. The summed E-state index contributed by atoms with van der Waals surface area (Å²) in [5.41, 5.74) is 1.39. The van der Waals surface area contributed by atoms with Crippen molar-refractivity contribution >= 4 is 23.4 Å². The van der Waals surface area contributed by atoms with Crippen LogP contribution < -0.4 is 5.32 Å². The van der Waals surface area contributed by atoms with E-state index in [1.807, 2.05) is 17.8 Å². The minimum Gasteiger partial charge on any atom is -0.309 e. The number of likely N-dealkylation sites (N-methyl/N-ethyl adjacent to an activating group) is 1. The van der Waals surface area contributed by atoms with Crippen molar-refractivity contribution in [1.29, 1.82) is 0 Å². The van der Waals surface area contributed by atoms with Gasteiger partial charge in [-0.15, -0.1) is 11.8 Å². The number of hydrogen-bond donors (Lipinski definition) is 1. The molecule has 1 aromatic carbocycles. The van der Waals surface area contributed by atoms with Crippen molar-refractivity contribution in [2.75, 3.05) is 25.9 Å². The first kappa shape index (κ1) is 15.7. The third kappa shape index (κ3) is 3.95. The number of nitrogens with zero attached hydrogens (tertiary/aromatic N) is 1. The van der Waals surface area contributed by atoms with E-state index in [9.17, 15) is 0 Å². The van der Waals surface area contributed by atoms with Crippen molar-refractivity contribution in [1.82, 2.24) is 10.2 Å². The summed E-state index contributed by atoms with van der Waals surface area (Å²) in [6.07, 6.45) is 6.79. The summed E-state index contributed by atoms with van der Waals surface area (Å²) in [4.78, 5) is 3.93. The van der Waals surface area contributed by atoms with Gasteiger partial charge in [0.15, 0.2) is 0 Å². The van der Waals surface area contributed by atoms with Gasteiger partial charge in [-0.2, -0.15) is 0 Å². The van der Waals surface area contributed by atoms with Gasteiger partial charge >= 0.3 is 0 Å². The fourth-order valence-corrected chi connectivity index (χ4v) is 4.81. The van der Waals surface area contributed by atoms with Crippen LogP contribution in [0.3, 0.4) is 0 Å². The Hall–Kier alpha value is -0.220. The van der Waals surface area contributed by atoms with Crippen LogP contribution in [-0.4, -0.2) is 36.8 Å². The zero-order chi connectivity index (χ0) is 14.7. The summed E-state index contributed by atoms with van der Waals surface area (Å²) in [6, 6.07) is 7.60. The molecule has 3 rings (SSSR count). The number of fused-ring (bicyclic) bond motifs is 1. The summed E-state index contributed by atoms with van der Waals surface area (Å²) in [7, 11) is 2.28. The minimum absolute atomic E-state index is 0.469. The molecule has 4 heteroatoms. The lowest BCUT2D eigenvalue weighted by atomic mass is 10.0. The van der Waals surface area contributed by atoms with Gasteiger partial charge in [-0.1, -0.05) is 24.4 Å². The molecule has 0 saturated heterocycles. The molecule has 116 valence electrons. The van der Waals surface area contributed by atoms with E-state index in [1.165, 1.54) is 48.3 Å². The standard InChI is InChI=1S/C17H25ClN2S/c1-20(14-4-2-3-5-14)10-9-19-16-8-11-21-17-7-6-13(18)12-15(16)17/h6-7,12,14,16,19H,2-5,8-11H2,1H3. The molecule has 1 aromatic rings. The average Bonchev–Trinajstić information content (AvgIpc) is 3.02. The summed E-state index contributed by atoms with van der Waals surface area (Å²) in [6.45, 7) is 2.21. The highest BCUT2D eigenvalue weighted by molar-refractivity contribution is 7.99. The van der Waals surface area contributed by atoms with Crippen LogP contribution in [0, 0.1) is 0 Å². The lowest BCUT2D eigenvalue weighted by Crippen LogP contribution is -2.37. The fourth-order valence-electron chi connectivity index (χ4n) is 3.52. The Balaban J connectivity index is 1.53. The first-order valence-electron chi connectivity index (χ1n) is 8.10.